The van der Waals surface area contributed by atoms with Gasteiger partial charge in [-0.3, -0.25) is 0 Å². The van der Waals surface area contributed by atoms with E-state index in [1.165, 1.54) is 18.6 Å². The Bertz CT molecular complexity index is 721. The van der Waals surface area contributed by atoms with Crippen molar-refractivity contribution in [1.29, 1.82) is 0 Å². The zero-order chi connectivity index (χ0) is 21.1. The minimum Gasteiger partial charge on any atom is -0.211 e. The second-order valence-electron chi connectivity index (χ2n) is 9.28. The van der Waals surface area contributed by atoms with Crippen LogP contribution in [0, 0.1) is 23.2 Å². The molecule has 1 aromatic rings. The standard InChI is InChI=1S/C25H32F4/c1-18(2)7-6-8-19-11-13-21(14-12-19)24(25(27,28)29)16-15-22(23(26)17-24)20-9-4-3-5-10-20/h3-5,9-10,15-16,18-19,21H,6-8,11-14,17H2,1-2H3. The lowest BCUT2D eigenvalue weighted by atomic mass is 9.62. The molecule has 0 amide bonds. The Hall–Kier alpha value is -1.58. The Labute approximate surface area is 172 Å². The zero-order valence-corrected chi connectivity index (χ0v) is 17.4. The molecule has 0 saturated heterocycles. The monoisotopic (exact) mass is 408 g/mol. The Morgan fingerprint density at radius 3 is 2.24 bits per heavy atom. The van der Waals surface area contributed by atoms with Crippen LogP contribution in [0.3, 0.4) is 0 Å². The van der Waals surface area contributed by atoms with Gasteiger partial charge in [0, 0.05) is 12.0 Å². The normalized spacial score (nSPS) is 28.2. The molecule has 1 fully saturated rings. The average Bonchev–Trinajstić information content (AvgIpc) is 2.68. The predicted octanol–water partition coefficient (Wildman–Crippen LogP) is 8.51. The van der Waals surface area contributed by atoms with Crippen molar-refractivity contribution in [3.63, 3.8) is 0 Å². The molecule has 0 radical (unpaired) electrons. The number of hydrogen-bond donors (Lipinski definition) is 0. The van der Waals surface area contributed by atoms with Gasteiger partial charge in [0.1, 0.15) is 5.83 Å². The van der Waals surface area contributed by atoms with Crippen LogP contribution in [0.5, 0.6) is 0 Å². The van der Waals surface area contributed by atoms with Gasteiger partial charge in [-0.25, -0.2) is 4.39 Å². The maximum absolute atomic E-state index is 15.0. The van der Waals surface area contributed by atoms with Crippen molar-refractivity contribution in [3.8, 4) is 0 Å². The molecule has 0 aromatic heterocycles. The molecular formula is C25H32F4. The topological polar surface area (TPSA) is 0 Å². The molecule has 0 nitrogen and oxygen atoms in total. The van der Waals surface area contributed by atoms with Gasteiger partial charge in [0.2, 0.25) is 0 Å². The van der Waals surface area contributed by atoms with Crippen molar-refractivity contribution >= 4 is 5.57 Å². The second kappa shape index (κ2) is 9.06. The van der Waals surface area contributed by atoms with Crippen molar-refractivity contribution in [2.24, 2.45) is 23.2 Å². The summed E-state index contributed by atoms with van der Waals surface area (Å²) < 4.78 is 57.7. The Kier molecular flexibility index (Phi) is 6.90. The van der Waals surface area contributed by atoms with Gasteiger partial charge >= 0.3 is 6.18 Å². The maximum Gasteiger partial charge on any atom is 0.398 e. The van der Waals surface area contributed by atoms with Crippen LogP contribution in [0.1, 0.15) is 70.8 Å². The lowest BCUT2D eigenvalue weighted by molar-refractivity contribution is -0.228. The van der Waals surface area contributed by atoms with E-state index in [0.717, 1.165) is 25.7 Å². The molecule has 1 saturated carbocycles. The molecule has 29 heavy (non-hydrogen) atoms. The minimum absolute atomic E-state index is 0.285. The van der Waals surface area contributed by atoms with Crippen molar-refractivity contribution in [2.45, 2.75) is 71.4 Å². The highest BCUT2D eigenvalue weighted by Crippen LogP contribution is 2.57. The summed E-state index contributed by atoms with van der Waals surface area (Å²) in [7, 11) is 0. The van der Waals surface area contributed by atoms with E-state index in [2.05, 4.69) is 13.8 Å². The number of hydrogen-bond acceptors (Lipinski definition) is 0. The van der Waals surface area contributed by atoms with Crippen molar-refractivity contribution in [1.82, 2.24) is 0 Å². The molecule has 160 valence electrons. The lowest BCUT2D eigenvalue weighted by Gasteiger charge is -2.44. The molecule has 0 N–H and O–H groups in total. The quantitative estimate of drug-likeness (QED) is 0.414. The molecule has 1 unspecified atom stereocenters. The van der Waals surface area contributed by atoms with E-state index in [4.69, 9.17) is 0 Å². The summed E-state index contributed by atoms with van der Waals surface area (Å²) in [4.78, 5) is 0. The minimum atomic E-state index is -4.45. The molecule has 0 bridgehead atoms. The fourth-order valence-corrected chi connectivity index (χ4v) is 5.09. The Morgan fingerprint density at radius 1 is 1.03 bits per heavy atom. The van der Waals surface area contributed by atoms with Gasteiger partial charge in [-0.1, -0.05) is 88.4 Å². The third-order valence-corrected chi connectivity index (χ3v) is 6.87. The van der Waals surface area contributed by atoms with Gasteiger partial charge in [0.15, 0.2) is 0 Å². The van der Waals surface area contributed by atoms with Crippen LogP contribution < -0.4 is 0 Å². The summed E-state index contributed by atoms with van der Waals surface area (Å²) >= 11 is 0. The van der Waals surface area contributed by atoms with Gasteiger partial charge < -0.3 is 0 Å². The van der Waals surface area contributed by atoms with Crippen molar-refractivity contribution in [3.05, 3.63) is 53.9 Å². The van der Waals surface area contributed by atoms with Crippen LogP contribution >= 0.6 is 0 Å². The molecule has 1 atom stereocenters. The highest BCUT2D eigenvalue weighted by molar-refractivity contribution is 5.77. The summed E-state index contributed by atoms with van der Waals surface area (Å²) in [5.41, 5.74) is -1.16. The van der Waals surface area contributed by atoms with Gasteiger partial charge in [0.25, 0.3) is 0 Å². The summed E-state index contributed by atoms with van der Waals surface area (Å²) in [6.07, 6.45) is 3.76. The first-order valence-electron chi connectivity index (χ1n) is 10.9. The molecule has 3 rings (SSSR count). The fraction of sp³-hybridized carbons (Fsp3) is 0.600. The molecule has 2 aliphatic carbocycles. The lowest BCUT2D eigenvalue weighted by Crippen LogP contribution is -2.45. The summed E-state index contributed by atoms with van der Waals surface area (Å²) in [5.74, 6) is 0.00200. The first-order chi connectivity index (χ1) is 13.7. The second-order valence-corrected chi connectivity index (χ2v) is 9.28. The highest BCUT2D eigenvalue weighted by atomic mass is 19.4. The number of benzene rings is 1. The van der Waals surface area contributed by atoms with Crippen LogP contribution in [-0.4, -0.2) is 6.18 Å². The van der Waals surface area contributed by atoms with Crippen LogP contribution in [-0.2, 0) is 0 Å². The average molecular weight is 409 g/mol. The van der Waals surface area contributed by atoms with Crippen molar-refractivity contribution < 1.29 is 17.6 Å². The maximum atomic E-state index is 15.0. The van der Waals surface area contributed by atoms with E-state index in [9.17, 15) is 17.6 Å². The Balaban J connectivity index is 1.72. The zero-order valence-electron chi connectivity index (χ0n) is 17.4. The molecule has 1 aromatic carbocycles. The first kappa shape index (κ1) is 22.1. The summed E-state index contributed by atoms with van der Waals surface area (Å²) in [6, 6.07) is 8.84. The third-order valence-electron chi connectivity index (χ3n) is 6.87. The van der Waals surface area contributed by atoms with Crippen molar-refractivity contribution in [2.75, 3.05) is 0 Å². The first-order valence-corrected chi connectivity index (χ1v) is 10.9. The molecular weight excluding hydrogens is 376 g/mol. The number of allylic oxidation sites excluding steroid dienone is 4. The molecule has 0 heterocycles. The van der Waals surface area contributed by atoms with E-state index in [1.54, 1.807) is 24.3 Å². The third kappa shape index (κ3) is 4.95. The molecule has 0 spiro atoms. The summed E-state index contributed by atoms with van der Waals surface area (Å²) in [5, 5.41) is 0. The number of halogens is 4. The van der Waals surface area contributed by atoms with Gasteiger partial charge in [-0.15, -0.1) is 0 Å². The Morgan fingerprint density at radius 2 is 1.69 bits per heavy atom. The van der Waals surface area contributed by atoms with Crippen LogP contribution in [0.15, 0.2) is 48.3 Å². The molecule has 2 aliphatic rings. The number of alkyl halides is 3. The number of rotatable bonds is 6. The molecule has 4 heteroatoms. The van der Waals surface area contributed by atoms with E-state index >= 15 is 0 Å². The van der Waals surface area contributed by atoms with Gasteiger partial charge in [-0.2, -0.15) is 13.2 Å². The smallest absolute Gasteiger partial charge is 0.211 e. The fourth-order valence-electron chi connectivity index (χ4n) is 5.09. The van der Waals surface area contributed by atoms with E-state index < -0.39 is 29.8 Å². The molecule has 0 aliphatic heterocycles. The predicted molar refractivity (Wildman–Crippen MR) is 111 cm³/mol. The summed E-state index contributed by atoms with van der Waals surface area (Å²) in [6.45, 7) is 4.40. The SMILES string of the molecule is CC(C)CCCC1CCC(C2(C(F)(F)F)C=CC(c3ccccc3)=C(F)C2)CC1. The van der Waals surface area contributed by atoms with E-state index in [0.29, 0.717) is 30.2 Å². The van der Waals surface area contributed by atoms with E-state index in [1.807, 2.05) is 6.07 Å². The van der Waals surface area contributed by atoms with E-state index in [-0.39, 0.29) is 5.57 Å². The van der Waals surface area contributed by atoms with Gasteiger partial charge in [0.05, 0.1) is 5.41 Å². The van der Waals surface area contributed by atoms with Crippen LogP contribution in [0.2, 0.25) is 0 Å². The van der Waals surface area contributed by atoms with Crippen LogP contribution in [0.25, 0.3) is 5.57 Å². The highest BCUT2D eigenvalue weighted by Gasteiger charge is 2.59. The van der Waals surface area contributed by atoms with Gasteiger partial charge in [-0.05, 0) is 36.2 Å². The van der Waals surface area contributed by atoms with Crippen LogP contribution in [0.4, 0.5) is 17.6 Å². The largest absolute Gasteiger partial charge is 0.398 e.